The number of halogens is 3. The zero-order chi connectivity index (χ0) is 19.6. The van der Waals surface area contributed by atoms with E-state index in [1.54, 1.807) is 29.6 Å². The van der Waals surface area contributed by atoms with Gasteiger partial charge in [-0.05, 0) is 19.1 Å². The van der Waals surface area contributed by atoms with Gasteiger partial charge in [-0.3, -0.25) is 0 Å². The minimum Gasteiger partial charge on any atom is -0.462 e. The number of nitrogens with zero attached hydrogens (tertiary/aromatic N) is 4. The second-order valence-corrected chi connectivity index (χ2v) is 6.08. The van der Waals surface area contributed by atoms with Gasteiger partial charge in [-0.2, -0.15) is 23.5 Å². The van der Waals surface area contributed by atoms with Crippen LogP contribution in [0.3, 0.4) is 0 Å². The molecule has 0 unspecified atom stereocenters. The van der Waals surface area contributed by atoms with E-state index in [9.17, 15) is 18.0 Å². The van der Waals surface area contributed by atoms with Crippen LogP contribution in [-0.4, -0.2) is 27.3 Å². The Kier molecular flexibility index (Phi) is 4.96. The normalized spacial score (nSPS) is 11.2. The van der Waals surface area contributed by atoms with Gasteiger partial charge < -0.3 is 4.74 Å². The SMILES string of the molecule is CCOC(=O)c1cnn(-c2nc(-c3ccc(C#N)cc3)cs2)c1C(F)(F)F. The maximum Gasteiger partial charge on any atom is 0.434 e. The number of aromatic nitrogens is 3. The van der Waals surface area contributed by atoms with Gasteiger partial charge in [0.05, 0.1) is 30.1 Å². The Morgan fingerprint density at radius 3 is 2.63 bits per heavy atom. The molecule has 3 aromatic rings. The lowest BCUT2D eigenvalue weighted by atomic mass is 10.1. The second-order valence-electron chi connectivity index (χ2n) is 5.24. The maximum absolute atomic E-state index is 13.5. The summed E-state index contributed by atoms with van der Waals surface area (Å²) in [4.78, 5) is 16.0. The Labute approximate surface area is 155 Å². The summed E-state index contributed by atoms with van der Waals surface area (Å²) in [7, 11) is 0. The highest BCUT2D eigenvalue weighted by atomic mass is 32.1. The van der Waals surface area contributed by atoms with E-state index < -0.39 is 23.4 Å². The third-order valence-electron chi connectivity index (χ3n) is 3.52. The number of carbonyl (C=O) groups is 1. The fourth-order valence-electron chi connectivity index (χ4n) is 2.33. The summed E-state index contributed by atoms with van der Waals surface area (Å²) in [5, 5.41) is 14.0. The Balaban J connectivity index is 2.03. The molecule has 1 aromatic carbocycles. The predicted molar refractivity (Wildman–Crippen MR) is 90.3 cm³/mol. The van der Waals surface area contributed by atoms with Crippen LogP contribution in [-0.2, 0) is 10.9 Å². The summed E-state index contributed by atoms with van der Waals surface area (Å²) in [6.07, 6.45) is -4.00. The summed E-state index contributed by atoms with van der Waals surface area (Å²) in [6.45, 7) is 1.45. The number of esters is 1. The van der Waals surface area contributed by atoms with E-state index in [-0.39, 0.29) is 11.7 Å². The van der Waals surface area contributed by atoms with E-state index in [0.29, 0.717) is 21.5 Å². The van der Waals surface area contributed by atoms with Crippen LogP contribution >= 0.6 is 11.3 Å². The van der Waals surface area contributed by atoms with Gasteiger partial charge in [0, 0.05) is 10.9 Å². The lowest BCUT2D eigenvalue weighted by molar-refractivity contribution is -0.143. The quantitative estimate of drug-likeness (QED) is 0.626. The van der Waals surface area contributed by atoms with Gasteiger partial charge in [-0.15, -0.1) is 11.3 Å². The summed E-state index contributed by atoms with van der Waals surface area (Å²) in [5.41, 5.74) is -0.371. The second kappa shape index (κ2) is 7.20. The molecule has 2 aromatic heterocycles. The predicted octanol–water partition coefficient (Wildman–Crippen LogP) is 4.06. The first-order chi connectivity index (χ1) is 12.8. The fraction of sp³-hybridized carbons (Fsp3) is 0.176. The lowest BCUT2D eigenvalue weighted by Gasteiger charge is -2.10. The standard InChI is InChI=1S/C17H11F3N4O2S/c1-2-26-15(25)12-8-22-24(14(12)17(18,19)20)16-23-13(9-27-16)11-5-3-10(7-21)4-6-11/h3-6,8-9H,2H2,1H3. The number of hydrogen-bond donors (Lipinski definition) is 0. The average molecular weight is 392 g/mol. The van der Waals surface area contributed by atoms with Crippen molar-refractivity contribution in [3.05, 3.63) is 52.7 Å². The summed E-state index contributed by atoms with van der Waals surface area (Å²) < 4.78 is 45.8. The minimum absolute atomic E-state index is 0.0442. The van der Waals surface area contributed by atoms with Crippen LogP contribution in [0.1, 0.15) is 28.5 Å². The lowest BCUT2D eigenvalue weighted by Crippen LogP contribution is -2.18. The number of ether oxygens (including phenoxy) is 1. The summed E-state index contributed by atoms with van der Waals surface area (Å²) >= 11 is 0.948. The first-order valence-electron chi connectivity index (χ1n) is 7.64. The molecule has 138 valence electrons. The number of benzene rings is 1. The van der Waals surface area contributed by atoms with Crippen LogP contribution in [0, 0.1) is 11.3 Å². The molecule has 0 N–H and O–H groups in total. The number of carbonyl (C=O) groups excluding carboxylic acids is 1. The Morgan fingerprint density at radius 1 is 1.33 bits per heavy atom. The maximum atomic E-state index is 13.5. The zero-order valence-corrected chi connectivity index (χ0v) is 14.6. The van der Waals surface area contributed by atoms with Crippen molar-refractivity contribution in [2.24, 2.45) is 0 Å². The van der Waals surface area contributed by atoms with E-state index in [1.165, 1.54) is 6.92 Å². The third-order valence-corrected chi connectivity index (χ3v) is 4.33. The zero-order valence-electron chi connectivity index (χ0n) is 13.8. The molecular formula is C17H11F3N4O2S. The number of hydrogen-bond acceptors (Lipinski definition) is 6. The molecule has 3 rings (SSSR count). The van der Waals surface area contributed by atoms with Crippen molar-refractivity contribution in [1.82, 2.24) is 14.8 Å². The topological polar surface area (TPSA) is 80.8 Å². The molecule has 0 aliphatic carbocycles. The molecule has 0 saturated heterocycles. The molecule has 0 saturated carbocycles. The van der Waals surface area contributed by atoms with Gasteiger partial charge in [-0.1, -0.05) is 12.1 Å². The van der Waals surface area contributed by atoms with Gasteiger partial charge in [-0.25, -0.2) is 14.5 Å². The molecule has 0 amide bonds. The Bertz CT molecular complexity index is 1020. The van der Waals surface area contributed by atoms with Crippen LogP contribution in [0.4, 0.5) is 13.2 Å². The van der Waals surface area contributed by atoms with Crippen LogP contribution < -0.4 is 0 Å². The smallest absolute Gasteiger partial charge is 0.434 e. The van der Waals surface area contributed by atoms with Crippen molar-refractivity contribution in [2.45, 2.75) is 13.1 Å². The van der Waals surface area contributed by atoms with Crippen LogP contribution in [0.15, 0.2) is 35.8 Å². The first kappa shape index (κ1) is 18.6. The van der Waals surface area contributed by atoms with Crippen molar-refractivity contribution in [3.8, 4) is 22.5 Å². The molecule has 6 nitrogen and oxygen atoms in total. The fourth-order valence-corrected chi connectivity index (χ4v) is 3.13. The first-order valence-corrected chi connectivity index (χ1v) is 8.52. The van der Waals surface area contributed by atoms with Crippen molar-refractivity contribution >= 4 is 17.3 Å². The third kappa shape index (κ3) is 3.68. The molecular weight excluding hydrogens is 381 g/mol. The molecule has 27 heavy (non-hydrogen) atoms. The molecule has 0 fully saturated rings. The summed E-state index contributed by atoms with van der Waals surface area (Å²) in [5.74, 6) is -1.10. The average Bonchev–Trinajstić information content (AvgIpc) is 3.28. The highest BCUT2D eigenvalue weighted by molar-refractivity contribution is 7.12. The van der Waals surface area contributed by atoms with E-state index >= 15 is 0 Å². The molecule has 0 bridgehead atoms. The highest BCUT2D eigenvalue weighted by Gasteiger charge is 2.41. The molecule has 0 spiro atoms. The number of nitriles is 1. The number of alkyl halides is 3. The van der Waals surface area contributed by atoms with Gasteiger partial charge in [0.25, 0.3) is 0 Å². The number of thiazole rings is 1. The Hall–Kier alpha value is -3.19. The van der Waals surface area contributed by atoms with Crippen LogP contribution in [0.5, 0.6) is 0 Å². The molecule has 0 atom stereocenters. The van der Waals surface area contributed by atoms with Crippen molar-refractivity contribution in [1.29, 1.82) is 5.26 Å². The van der Waals surface area contributed by atoms with E-state index in [2.05, 4.69) is 14.8 Å². The van der Waals surface area contributed by atoms with Gasteiger partial charge in [0.2, 0.25) is 5.13 Å². The van der Waals surface area contributed by atoms with E-state index in [4.69, 9.17) is 5.26 Å². The van der Waals surface area contributed by atoms with Gasteiger partial charge in [0.1, 0.15) is 5.56 Å². The molecule has 0 aliphatic heterocycles. The monoisotopic (exact) mass is 392 g/mol. The van der Waals surface area contributed by atoms with Crippen molar-refractivity contribution < 1.29 is 22.7 Å². The van der Waals surface area contributed by atoms with Gasteiger partial charge in [0.15, 0.2) is 5.69 Å². The molecule has 0 aliphatic rings. The van der Waals surface area contributed by atoms with Crippen LogP contribution in [0.2, 0.25) is 0 Å². The minimum atomic E-state index is -4.82. The van der Waals surface area contributed by atoms with Crippen molar-refractivity contribution in [2.75, 3.05) is 6.61 Å². The Morgan fingerprint density at radius 2 is 2.04 bits per heavy atom. The summed E-state index contributed by atoms with van der Waals surface area (Å²) in [6, 6.07) is 8.45. The van der Waals surface area contributed by atoms with E-state index in [1.807, 2.05) is 6.07 Å². The molecule has 10 heteroatoms. The number of rotatable bonds is 4. The van der Waals surface area contributed by atoms with Crippen LogP contribution in [0.25, 0.3) is 16.4 Å². The molecule has 2 heterocycles. The molecule has 0 radical (unpaired) electrons. The van der Waals surface area contributed by atoms with Crippen molar-refractivity contribution in [3.63, 3.8) is 0 Å². The van der Waals surface area contributed by atoms with Gasteiger partial charge >= 0.3 is 12.1 Å². The van der Waals surface area contributed by atoms with E-state index in [0.717, 1.165) is 17.5 Å². The largest absolute Gasteiger partial charge is 0.462 e. The highest BCUT2D eigenvalue weighted by Crippen LogP contribution is 2.35.